The minimum atomic E-state index is -0.439. The maximum atomic E-state index is 13.8. The fourth-order valence-corrected chi connectivity index (χ4v) is 3.29. The third kappa shape index (κ3) is 4.71. The molecule has 0 aliphatic carbocycles. The third-order valence-corrected chi connectivity index (χ3v) is 4.95. The largest absolute Gasteiger partial charge is 0.494 e. The first kappa shape index (κ1) is 19.0. The Labute approximate surface area is 160 Å². The molecule has 3 rings (SSSR count). The number of halogens is 1. The van der Waals surface area contributed by atoms with Crippen LogP contribution in [0.3, 0.4) is 0 Å². The molecule has 142 valence electrons. The van der Waals surface area contributed by atoms with Gasteiger partial charge in [-0.1, -0.05) is 17.3 Å². The second-order valence-corrected chi connectivity index (χ2v) is 6.81. The molecule has 27 heavy (non-hydrogen) atoms. The highest BCUT2D eigenvalue weighted by atomic mass is 32.1. The Bertz CT molecular complexity index is 896. The highest BCUT2D eigenvalue weighted by molar-refractivity contribution is 7.13. The van der Waals surface area contributed by atoms with Gasteiger partial charge < -0.3 is 14.2 Å². The second-order valence-electron chi connectivity index (χ2n) is 5.87. The zero-order chi connectivity index (χ0) is 19.2. The maximum absolute atomic E-state index is 13.8. The number of methoxy groups -OCH3 is 1. The first-order valence-electron chi connectivity index (χ1n) is 8.57. The van der Waals surface area contributed by atoms with Crippen molar-refractivity contribution in [1.82, 2.24) is 15.0 Å². The van der Waals surface area contributed by atoms with E-state index in [1.165, 1.54) is 24.5 Å². The standard InChI is InChI=1S/C19H20FN3O3S/c1-3-23(12-13-6-7-15(25-2)14(20)11-13)18(24)9-8-17-21-19(22-26-17)16-5-4-10-27-16/h4-7,10-11H,3,8-9,12H2,1-2H3. The molecular formula is C19H20FN3O3S. The number of nitrogens with zero attached hydrogens (tertiary/aromatic N) is 3. The molecule has 2 heterocycles. The number of hydrogen-bond donors (Lipinski definition) is 0. The van der Waals surface area contributed by atoms with Crippen LogP contribution < -0.4 is 4.74 Å². The van der Waals surface area contributed by atoms with Crippen molar-refractivity contribution >= 4 is 17.2 Å². The van der Waals surface area contributed by atoms with Crippen molar-refractivity contribution in [2.75, 3.05) is 13.7 Å². The number of aryl methyl sites for hydroxylation is 1. The smallest absolute Gasteiger partial charge is 0.227 e. The molecular weight excluding hydrogens is 369 g/mol. The number of carbonyl (C=O) groups is 1. The second kappa shape index (κ2) is 8.77. The van der Waals surface area contributed by atoms with Crippen LogP contribution in [0.15, 0.2) is 40.2 Å². The number of hydrogen-bond acceptors (Lipinski definition) is 6. The van der Waals surface area contributed by atoms with Gasteiger partial charge in [0.05, 0.1) is 12.0 Å². The molecule has 0 saturated carbocycles. The summed E-state index contributed by atoms with van der Waals surface area (Å²) in [5, 5.41) is 5.88. The van der Waals surface area contributed by atoms with Crippen LogP contribution in [-0.4, -0.2) is 34.6 Å². The van der Waals surface area contributed by atoms with Gasteiger partial charge >= 0.3 is 0 Å². The monoisotopic (exact) mass is 389 g/mol. The van der Waals surface area contributed by atoms with E-state index < -0.39 is 5.82 Å². The van der Waals surface area contributed by atoms with Crippen LogP contribution in [0.2, 0.25) is 0 Å². The predicted octanol–water partition coefficient (Wildman–Crippen LogP) is 3.93. The van der Waals surface area contributed by atoms with E-state index in [0.717, 1.165) is 4.88 Å². The maximum Gasteiger partial charge on any atom is 0.227 e. The Morgan fingerprint density at radius 2 is 2.22 bits per heavy atom. The summed E-state index contributed by atoms with van der Waals surface area (Å²) in [5.74, 6) is 0.660. The molecule has 0 atom stereocenters. The molecule has 0 aliphatic rings. The first-order chi connectivity index (χ1) is 13.1. The van der Waals surface area contributed by atoms with Gasteiger partial charge in [-0.25, -0.2) is 4.39 Å². The van der Waals surface area contributed by atoms with E-state index >= 15 is 0 Å². The van der Waals surface area contributed by atoms with Gasteiger partial charge in [0.2, 0.25) is 17.6 Å². The van der Waals surface area contributed by atoms with Crippen molar-refractivity contribution in [2.24, 2.45) is 0 Å². The lowest BCUT2D eigenvalue weighted by Gasteiger charge is -2.21. The minimum Gasteiger partial charge on any atom is -0.494 e. The molecule has 1 aromatic carbocycles. The van der Waals surface area contributed by atoms with Crippen LogP contribution in [-0.2, 0) is 17.8 Å². The van der Waals surface area contributed by atoms with Crippen molar-refractivity contribution < 1.29 is 18.4 Å². The van der Waals surface area contributed by atoms with Gasteiger partial charge in [-0.3, -0.25) is 4.79 Å². The lowest BCUT2D eigenvalue weighted by molar-refractivity contribution is -0.131. The van der Waals surface area contributed by atoms with Crippen molar-refractivity contribution in [3.63, 3.8) is 0 Å². The molecule has 6 nitrogen and oxygen atoms in total. The van der Waals surface area contributed by atoms with Crippen molar-refractivity contribution in [3.05, 3.63) is 53.0 Å². The van der Waals surface area contributed by atoms with E-state index in [4.69, 9.17) is 9.26 Å². The predicted molar refractivity (Wildman–Crippen MR) is 100.0 cm³/mol. The summed E-state index contributed by atoms with van der Waals surface area (Å²) in [6, 6.07) is 8.54. The Morgan fingerprint density at radius 1 is 1.37 bits per heavy atom. The fourth-order valence-electron chi connectivity index (χ4n) is 2.64. The average Bonchev–Trinajstić information content (AvgIpc) is 3.35. The summed E-state index contributed by atoms with van der Waals surface area (Å²) in [5.41, 5.74) is 0.710. The first-order valence-corrected chi connectivity index (χ1v) is 9.45. The van der Waals surface area contributed by atoms with Crippen molar-refractivity contribution in [3.8, 4) is 16.5 Å². The number of aromatic nitrogens is 2. The van der Waals surface area contributed by atoms with Crippen LogP contribution >= 0.6 is 11.3 Å². The van der Waals surface area contributed by atoms with Crippen LogP contribution in [0.25, 0.3) is 10.7 Å². The molecule has 3 aromatic rings. The summed E-state index contributed by atoms with van der Waals surface area (Å²) >= 11 is 1.53. The lowest BCUT2D eigenvalue weighted by atomic mass is 10.1. The van der Waals surface area contributed by atoms with E-state index in [2.05, 4.69) is 10.1 Å². The van der Waals surface area contributed by atoms with E-state index in [1.54, 1.807) is 17.0 Å². The van der Waals surface area contributed by atoms with E-state index in [9.17, 15) is 9.18 Å². The van der Waals surface area contributed by atoms with Gasteiger partial charge in [0, 0.05) is 25.9 Å². The number of rotatable bonds is 8. The highest BCUT2D eigenvalue weighted by Gasteiger charge is 2.16. The molecule has 8 heteroatoms. The summed E-state index contributed by atoms with van der Waals surface area (Å²) in [6.07, 6.45) is 0.614. The van der Waals surface area contributed by atoms with Crippen molar-refractivity contribution in [1.29, 1.82) is 0 Å². The van der Waals surface area contributed by atoms with Crippen LogP contribution in [0.1, 0.15) is 24.8 Å². The molecule has 0 unspecified atom stereocenters. The van der Waals surface area contributed by atoms with Gasteiger partial charge in [0.1, 0.15) is 0 Å². The molecule has 0 fully saturated rings. The van der Waals surface area contributed by atoms with Gasteiger partial charge in [0.15, 0.2) is 11.6 Å². The van der Waals surface area contributed by atoms with Gasteiger partial charge in [-0.15, -0.1) is 11.3 Å². The molecule has 0 aliphatic heterocycles. The lowest BCUT2D eigenvalue weighted by Crippen LogP contribution is -2.30. The summed E-state index contributed by atoms with van der Waals surface area (Å²) in [7, 11) is 1.42. The van der Waals surface area contributed by atoms with Gasteiger partial charge in [-0.05, 0) is 36.1 Å². The topological polar surface area (TPSA) is 68.5 Å². The zero-order valence-electron chi connectivity index (χ0n) is 15.1. The molecule has 0 bridgehead atoms. The third-order valence-electron chi connectivity index (χ3n) is 4.09. The number of carbonyl (C=O) groups excluding carboxylic acids is 1. The SMILES string of the molecule is CCN(Cc1ccc(OC)c(F)c1)C(=O)CCc1nc(-c2cccs2)no1. The molecule has 0 saturated heterocycles. The Morgan fingerprint density at radius 3 is 2.89 bits per heavy atom. The highest BCUT2D eigenvalue weighted by Crippen LogP contribution is 2.22. The fraction of sp³-hybridized carbons (Fsp3) is 0.316. The summed E-state index contributed by atoms with van der Waals surface area (Å²) in [6.45, 7) is 2.75. The zero-order valence-corrected chi connectivity index (χ0v) is 16.0. The number of thiophene rings is 1. The van der Waals surface area contributed by atoms with E-state index in [1.807, 2.05) is 24.4 Å². The van der Waals surface area contributed by atoms with Crippen LogP contribution in [0.5, 0.6) is 5.75 Å². The number of benzene rings is 1. The van der Waals surface area contributed by atoms with E-state index in [0.29, 0.717) is 36.8 Å². The Hall–Kier alpha value is -2.74. The minimum absolute atomic E-state index is 0.0513. The molecule has 1 amide bonds. The number of amides is 1. The molecule has 2 aromatic heterocycles. The van der Waals surface area contributed by atoms with Crippen LogP contribution in [0, 0.1) is 5.82 Å². The molecule has 0 radical (unpaired) electrons. The van der Waals surface area contributed by atoms with E-state index in [-0.39, 0.29) is 18.1 Å². The summed E-state index contributed by atoms with van der Waals surface area (Å²) in [4.78, 5) is 19.4. The van der Waals surface area contributed by atoms with Crippen LogP contribution in [0.4, 0.5) is 4.39 Å². The van der Waals surface area contributed by atoms with Gasteiger partial charge in [0.25, 0.3) is 0 Å². The summed E-state index contributed by atoms with van der Waals surface area (Å²) < 4.78 is 24.0. The quantitative estimate of drug-likeness (QED) is 0.584. The normalized spacial score (nSPS) is 10.8. The Kier molecular flexibility index (Phi) is 6.18. The van der Waals surface area contributed by atoms with Gasteiger partial charge in [-0.2, -0.15) is 4.98 Å². The van der Waals surface area contributed by atoms with Crippen molar-refractivity contribution in [2.45, 2.75) is 26.3 Å². The Balaban J connectivity index is 1.58. The number of ether oxygens (including phenoxy) is 1. The molecule has 0 N–H and O–H groups in total. The molecule has 0 spiro atoms. The average molecular weight is 389 g/mol.